The smallest absolute Gasteiger partial charge is 0.167 e. The van der Waals surface area contributed by atoms with Crippen molar-refractivity contribution in [2.75, 3.05) is 26.2 Å². The van der Waals surface area contributed by atoms with E-state index in [-0.39, 0.29) is 21.8 Å². The second-order valence-corrected chi connectivity index (χ2v) is 5.23. The third kappa shape index (κ3) is 2.50. The van der Waals surface area contributed by atoms with Crippen molar-refractivity contribution in [3.8, 4) is 5.75 Å². The minimum absolute atomic E-state index is 0.0174. The summed E-state index contributed by atoms with van der Waals surface area (Å²) in [5.41, 5.74) is 0.0174. The molecule has 2 N–H and O–H groups in total. The molecular formula is C12H15BrF2N2O. The van der Waals surface area contributed by atoms with E-state index in [0.29, 0.717) is 0 Å². The Morgan fingerprint density at radius 1 is 1.39 bits per heavy atom. The Bertz CT molecular complexity index is 424. The number of aromatic hydroxyl groups is 1. The van der Waals surface area contributed by atoms with Crippen LogP contribution >= 0.6 is 15.9 Å². The normalized spacial score (nSPS) is 18.9. The average Bonchev–Trinajstić information content (AvgIpc) is 2.37. The maximum Gasteiger partial charge on any atom is 0.167 e. The number of nitrogens with zero attached hydrogens (tertiary/aromatic N) is 1. The first kappa shape index (κ1) is 13.7. The van der Waals surface area contributed by atoms with Crippen molar-refractivity contribution < 1.29 is 13.9 Å². The number of nitrogens with one attached hydrogen (secondary N) is 1. The molecule has 1 aliphatic rings. The van der Waals surface area contributed by atoms with Gasteiger partial charge in [0.15, 0.2) is 11.6 Å². The van der Waals surface area contributed by atoms with E-state index in [1.807, 2.05) is 4.90 Å². The first-order chi connectivity index (χ1) is 8.52. The highest BCUT2D eigenvalue weighted by atomic mass is 79.9. The predicted molar refractivity (Wildman–Crippen MR) is 68.6 cm³/mol. The van der Waals surface area contributed by atoms with Crippen LogP contribution in [-0.4, -0.2) is 36.2 Å². The molecule has 0 bridgehead atoms. The first-order valence-electron chi connectivity index (χ1n) is 5.83. The van der Waals surface area contributed by atoms with Crippen LogP contribution in [0.3, 0.4) is 0 Å². The van der Waals surface area contributed by atoms with Crippen LogP contribution in [0.1, 0.15) is 18.5 Å². The highest BCUT2D eigenvalue weighted by molar-refractivity contribution is 9.10. The molecule has 1 fully saturated rings. The summed E-state index contributed by atoms with van der Waals surface area (Å²) >= 11 is 3.04. The van der Waals surface area contributed by atoms with Crippen molar-refractivity contribution in [1.29, 1.82) is 0 Å². The molecule has 1 aromatic carbocycles. The van der Waals surface area contributed by atoms with E-state index in [1.54, 1.807) is 6.92 Å². The van der Waals surface area contributed by atoms with Gasteiger partial charge in [0.05, 0.1) is 10.0 Å². The van der Waals surface area contributed by atoms with Gasteiger partial charge in [-0.1, -0.05) is 0 Å². The summed E-state index contributed by atoms with van der Waals surface area (Å²) in [6, 6.07) is 0.581. The topological polar surface area (TPSA) is 35.5 Å². The Morgan fingerprint density at radius 3 is 2.61 bits per heavy atom. The van der Waals surface area contributed by atoms with Gasteiger partial charge < -0.3 is 10.4 Å². The minimum atomic E-state index is -0.971. The van der Waals surface area contributed by atoms with Gasteiger partial charge in [0, 0.05) is 32.2 Å². The summed E-state index contributed by atoms with van der Waals surface area (Å²) < 4.78 is 27.4. The van der Waals surface area contributed by atoms with Gasteiger partial charge in [-0.15, -0.1) is 0 Å². The number of phenolic OH excluding ortho intramolecular Hbond substituents is 1. The van der Waals surface area contributed by atoms with E-state index in [9.17, 15) is 13.9 Å². The van der Waals surface area contributed by atoms with Gasteiger partial charge in [0.2, 0.25) is 0 Å². The van der Waals surface area contributed by atoms with Crippen molar-refractivity contribution in [3.63, 3.8) is 0 Å². The lowest BCUT2D eigenvalue weighted by Gasteiger charge is -2.33. The minimum Gasteiger partial charge on any atom is -0.506 e. The molecule has 1 saturated heterocycles. The Labute approximate surface area is 113 Å². The molecule has 0 spiro atoms. The zero-order chi connectivity index (χ0) is 13.3. The third-order valence-electron chi connectivity index (χ3n) is 3.30. The van der Waals surface area contributed by atoms with E-state index >= 15 is 0 Å². The zero-order valence-corrected chi connectivity index (χ0v) is 11.6. The lowest BCUT2D eigenvalue weighted by atomic mass is 10.0. The number of piperazine rings is 1. The second kappa shape index (κ2) is 5.50. The van der Waals surface area contributed by atoms with E-state index in [0.717, 1.165) is 32.2 Å². The highest BCUT2D eigenvalue weighted by Crippen LogP contribution is 2.37. The molecule has 18 heavy (non-hydrogen) atoms. The Balaban J connectivity index is 2.37. The van der Waals surface area contributed by atoms with Crippen LogP contribution in [-0.2, 0) is 0 Å². The number of rotatable bonds is 2. The molecule has 2 rings (SSSR count). The number of benzene rings is 1. The fourth-order valence-electron chi connectivity index (χ4n) is 2.24. The van der Waals surface area contributed by atoms with Crippen molar-refractivity contribution >= 4 is 15.9 Å². The third-order valence-corrected chi connectivity index (χ3v) is 3.90. The molecule has 1 aliphatic heterocycles. The molecule has 0 saturated carbocycles. The second-order valence-electron chi connectivity index (χ2n) is 4.38. The van der Waals surface area contributed by atoms with Crippen LogP contribution in [0.5, 0.6) is 5.75 Å². The number of hydrogen-bond acceptors (Lipinski definition) is 3. The molecule has 0 amide bonds. The van der Waals surface area contributed by atoms with Crippen LogP contribution in [0, 0.1) is 11.6 Å². The fraction of sp³-hybridized carbons (Fsp3) is 0.500. The Morgan fingerprint density at radius 2 is 2.00 bits per heavy atom. The SMILES string of the molecule is C[C@H](c1c(O)c(Br)cc(F)c1F)N1CCNCC1. The van der Waals surface area contributed by atoms with Gasteiger partial charge in [-0.05, 0) is 28.9 Å². The summed E-state index contributed by atoms with van der Waals surface area (Å²) in [6.45, 7) is 4.88. The fourth-order valence-corrected chi connectivity index (χ4v) is 2.65. The summed E-state index contributed by atoms with van der Waals surface area (Å²) in [4.78, 5) is 2.01. The van der Waals surface area contributed by atoms with Crippen molar-refractivity contribution in [3.05, 3.63) is 27.7 Å². The molecule has 3 nitrogen and oxygen atoms in total. The lowest BCUT2D eigenvalue weighted by Crippen LogP contribution is -2.44. The van der Waals surface area contributed by atoms with Gasteiger partial charge in [-0.3, -0.25) is 4.90 Å². The summed E-state index contributed by atoms with van der Waals surface area (Å²) in [5, 5.41) is 13.1. The van der Waals surface area contributed by atoms with Crippen LogP contribution in [0.15, 0.2) is 10.5 Å². The average molecular weight is 321 g/mol. The molecule has 6 heteroatoms. The lowest BCUT2D eigenvalue weighted by molar-refractivity contribution is 0.178. The number of halogens is 3. The standard InChI is InChI=1S/C12H15BrF2N2O/c1-7(17-4-2-16-3-5-17)10-11(15)9(14)6-8(13)12(10)18/h6-7,16,18H,2-5H2,1H3/t7-/m1/s1. The van der Waals surface area contributed by atoms with E-state index in [4.69, 9.17) is 0 Å². The van der Waals surface area contributed by atoms with Gasteiger partial charge in [0.1, 0.15) is 5.75 Å². The largest absolute Gasteiger partial charge is 0.506 e. The number of hydrogen-bond donors (Lipinski definition) is 2. The Hall–Kier alpha value is -0.720. The van der Waals surface area contributed by atoms with Crippen molar-refractivity contribution in [1.82, 2.24) is 10.2 Å². The van der Waals surface area contributed by atoms with Crippen molar-refractivity contribution in [2.45, 2.75) is 13.0 Å². The molecular weight excluding hydrogens is 306 g/mol. The van der Waals surface area contributed by atoms with Crippen LogP contribution in [0.4, 0.5) is 8.78 Å². The molecule has 100 valence electrons. The van der Waals surface area contributed by atoms with E-state index in [1.165, 1.54) is 0 Å². The molecule has 0 radical (unpaired) electrons. The molecule has 0 aliphatic carbocycles. The van der Waals surface area contributed by atoms with Gasteiger partial charge in [-0.25, -0.2) is 8.78 Å². The van der Waals surface area contributed by atoms with Gasteiger partial charge in [-0.2, -0.15) is 0 Å². The quantitative estimate of drug-likeness (QED) is 0.821. The van der Waals surface area contributed by atoms with Crippen LogP contribution in [0.2, 0.25) is 0 Å². The Kier molecular flexibility index (Phi) is 4.19. The number of phenols is 1. The summed E-state index contributed by atoms with van der Waals surface area (Å²) in [5.74, 6) is -2.14. The monoisotopic (exact) mass is 320 g/mol. The molecule has 1 heterocycles. The van der Waals surface area contributed by atoms with Gasteiger partial charge in [0.25, 0.3) is 0 Å². The first-order valence-corrected chi connectivity index (χ1v) is 6.62. The maximum atomic E-state index is 13.8. The predicted octanol–water partition coefficient (Wildman–Crippen LogP) is 2.40. The van der Waals surface area contributed by atoms with E-state index < -0.39 is 11.6 Å². The van der Waals surface area contributed by atoms with Gasteiger partial charge >= 0.3 is 0 Å². The molecule has 0 aromatic heterocycles. The van der Waals surface area contributed by atoms with E-state index in [2.05, 4.69) is 21.2 Å². The maximum absolute atomic E-state index is 13.8. The molecule has 1 aromatic rings. The van der Waals surface area contributed by atoms with Crippen LogP contribution < -0.4 is 5.32 Å². The van der Waals surface area contributed by atoms with Crippen LogP contribution in [0.25, 0.3) is 0 Å². The highest BCUT2D eigenvalue weighted by Gasteiger charge is 2.26. The summed E-state index contributed by atoms with van der Waals surface area (Å²) in [7, 11) is 0. The zero-order valence-electron chi connectivity index (χ0n) is 10.0. The van der Waals surface area contributed by atoms with Crippen molar-refractivity contribution in [2.24, 2.45) is 0 Å². The summed E-state index contributed by atoms with van der Waals surface area (Å²) in [6.07, 6.45) is 0. The molecule has 1 atom stereocenters. The molecule has 0 unspecified atom stereocenters.